The Morgan fingerprint density at radius 2 is 2.11 bits per heavy atom. The zero-order valence-electron chi connectivity index (χ0n) is 11.2. The molecule has 0 radical (unpaired) electrons. The van der Waals surface area contributed by atoms with Crippen LogP contribution in [0.15, 0.2) is 24.3 Å². The molecule has 1 unspecified atom stereocenters. The van der Waals surface area contributed by atoms with Crippen molar-refractivity contribution in [2.75, 3.05) is 24.0 Å². The van der Waals surface area contributed by atoms with Gasteiger partial charge in [-0.25, -0.2) is 10.8 Å². The van der Waals surface area contributed by atoms with Crippen LogP contribution in [0.3, 0.4) is 0 Å². The van der Waals surface area contributed by atoms with Crippen LogP contribution in [-0.2, 0) is 4.74 Å². The zero-order valence-corrected chi connectivity index (χ0v) is 11.2. The third-order valence-corrected chi connectivity index (χ3v) is 2.69. The molecular formula is C13H19N5O. The van der Waals surface area contributed by atoms with Crippen LogP contribution in [0.5, 0.6) is 0 Å². The second kappa shape index (κ2) is 6.31. The number of rotatable bonds is 6. The Bertz CT molecular complexity index is 546. The molecule has 0 aliphatic heterocycles. The summed E-state index contributed by atoms with van der Waals surface area (Å²) in [5.41, 5.74) is 3.33. The Kier molecular flexibility index (Phi) is 4.48. The van der Waals surface area contributed by atoms with Crippen molar-refractivity contribution >= 4 is 22.7 Å². The van der Waals surface area contributed by atoms with Gasteiger partial charge in [0.2, 0.25) is 5.95 Å². The van der Waals surface area contributed by atoms with E-state index in [1.54, 1.807) is 0 Å². The lowest BCUT2D eigenvalue weighted by molar-refractivity contribution is 0.141. The number of hydrazine groups is 1. The number of nitrogen functional groups attached to an aromatic ring is 1. The quantitative estimate of drug-likeness (QED) is 0.542. The molecule has 0 bridgehead atoms. The maximum absolute atomic E-state index is 5.39. The van der Waals surface area contributed by atoms with Gasteiger partial charge in [-0.3, -0.25) is 5.43 Å². The highest BCUT2D eigenvalue weighted by molar-refractivity contribution is 5.90. The minimum atomic E-state index is 0.156. The summed E-state index contributed by atoms with van der Waals surface area (Å²) in [5, 5.41) is 4.29. The van der Waals surface area contributed by atoms with E-state index in [4.69, 9.17) is 10.6 Å². The molecule has 0 spiro atoms. The lowest BCUT2D eigenvalue weighted by Crippen LogP contribution is -2.23. The molecule has 0 saturated carbocycles. The molecule has 6 nitrogen and oxygen atoms in total. The number of nitrogens with one attached hydrogen (secondary N) is 2. The first-order chi connectivity index (χ1) is 9.24. The molecule has 0 amide bonds. The summed E-state index contributed by atoms with van der Waals surface area (Å²) in [4.78, 5) is 8.66. The Morgan fingerprint density at radius 1 is 1.32 bits per heavy atom. The van der Waals surface area contributed by atoms with Gasteiger partial charge in [-0.05, 0) is 26.0 Å². The first-order valence-corrected chi connectivity index (χ1v) is 6.32. The molecule has 2 rings (SSSR count). The van der Waals surface area contributed by atoms with Crippen LogP contribution in [0.2, 0.25) is 0 Å². The van der Waals surface area contributed by atoms with Crippen LogP contribution in [-0.4, -0.2) is 29.2 Å². The van der Waals surface area contributed by atoms with Gasteiger partial charge in [0.1, 0.15) is 5.82 Å². The molecular weight excluding hydrogens is 242 g/mol. The fraction of sp³-hybridized carbons (Fsp3) is 0.385. The van der Waals surface area contributed by atoms with Gasteiger partial charge < -0.3 is 10.1 Å². The molecule has 0 saturated heterocycles. The molecule has 0 aliphatic rings. The van der Waals surface area contributed by atoms with Crippen molar-refractivity contribution in [3.8, 4) is 0 Å². The Labute approximate surface area is 112 Å². The summed E-state index contributed by atoms with van der Waals surface area (Å²) in [5.74, 6) is 6.54. The predicted octanol–water partition coefficient (Wildman–Crippen LogP) is 1.75. The van der Waals surface area contributed by atoms with E-state index >= 15 is 0 Å². The summed E-state index contributed by atoms with van der Waals surface area (Å²) in [6.45, 7) is 5.34. The Hall–Kier alpha value is -1.92. The monoisotopic (exact) mass is 261 g/mol. The second-order valence-electron chi connectivity index (χ2n) is 4.26. The van der Waals surface area contributed by atoms with Crippen LogP contribution < -0.4 is 16.6 Å². The highest BCUT2D eigenvalue weighted by Crippen LogP contribution is 2.22. The summed E-state index contributed by atoms with van der Waals surface area (Å²) in [6, 6.07) is 7.95. The fourth-order valence-corrected chi connectivity index (χ4v) is 1.82. The second-order valence-corrected chi connectivity index (χ2v) is 4.26. The van der Waals surface area contributed by atoms with Crippen LogP contribution in [0.1, 0.15) is 13.8 Å². The topological polar surface area (TPSA) is 85.1 Å². The maximum Gasteiger partial charge on any atom is 0.239 e. The first kappa shape index (κ1) is 13.5. The average Bonchev–Trinajstić information content (AvgIpc) is 2.44. The number of anilines is 2. The molecule has 1 heterocycles. The summed E-state index contributed by atoms with van der Waals surface area (Å²) >= 11 is 0. The van der Waals surface area contributed by atoms with E-state index in [2.05, 4.69) is 20.7 Å². The lowest BCUT2D eigenvalue weighted by Gasteiger charge is -2.16. The van der Waals surface area contributed by atoms with Crippen molar-refractivity contribution in [2.24, 2.45) is 5.84 Å². The molecule has 0 aliphatic carbocycles. The molecule has 2 aromatic rings. The largest absolute Gasteiger partial charge is 0.380 e. The molecule has 102 valence electrons. The van der Waals surface area contributed by atoms with E-state index in [-0.39, 0.29) is 6.04 Å². The maximum atomic E-state index is 5.39. The van der Waals surface area contributed by atoms with Gasteiger partial charge in [0.15, 0.2) is 0 Å². The number of ether oxygens (including phenoxy) is 1. The Balaban J connectivity index is 2.29. The normalized spacial score (nSPS) is 12.4. The van der Waals surface area contributed by atoms with Gasteiger partial charge in [0, 0.05) is 18.0 Å². The number of aromatic nitrogens is 2. The van der Waals surface area contributed by atoms with Crippen LogP contribution >= 0.6 is 0 Å². The van der Waals surface area contributed by atoms with Gasteiger partial charge >= 0.3 is 0 Å². The molecule has 0 fully saturated rings. The number of nitrogens with zero attached hydrogens (tertiary/aromatic N) is 2. The minimum absolute atomic E-state index is 0.156. The molecule has 1 aromatic carbocycles. The summed E-state index contributed by atoms with van der Waals surface area (Å²) in [7, 11) is 0. The van der Waals surface area contributed by atoms with Crippen molar-refractivity contribution in [1.82, 2.24) is 9.97 Å². The first-order valence-electron chi connectivity index (χ1n) is 6.32. The molecule has 1 atom stereocenters. The van der Waals surface area contributed by atoms with Crippen LogP contribution in [0.25, 0.3) is 10.9 Å². The molecule has 19 heavy (non-hydrogen) atoms. The van der Waals surface area contributed by atoms with E-state index in [9.17, 15) is 0 Å². The van der Waals surface area contributed by atoms with Crippen LogP contribution in [0, 0.1) is 0 Å². The SMILES string of the molecule is CCOCC(C)Nc1nc(NN)nc2ccccc12. The molecule has 1 aromatic heterocycles. The van der Waals surface area contributed by atoms with Crippen molar-refractivity contribution in [3.63, 3.8) is 0 Å². The third-order valence-electron chi connectivity index (χ3n) is 2.69. The van der Waals surface area contributed by atoms with Crippen molar-refractivity contribution in [3.05, 3.63) is 24.3 Å². The van der Waals surface area contributed by atoms with E-state index in [0.717, 1.165) is 16.7 Å². The number of hydrogen-bond acceptors (Lipinski definition) is 6. The molecule has 6 heteroatoms. The van der Waals surface area contributed by atoms with Gasteiger partial charge in [0.05, 0.1) is 12.1 Å². The lowest BCUT2D eigenvalue weighted by atomic mass is 10.2. The average molecular weight is 261 g/mol. The summed E-state index contributed by atoms with van der Waals surface area (Å²) < 4.78 is 5.39. The number of nitrogens with two attached hydrogens (primary N) is 1. The highest BCUT2D eigenvalue weighted by Gasteiger charge is 2.09. The third kappa shape index (κ3) is 3.30. The van der Waals surface area contributed by atoms with Gasteiger partial charge in [0.25, 0.3) is 0 Å². The minimum Gasteiger partial charge on any atom is -0.380 e. The fourth-order valence-electron chi connectivity index (χ4n) is 1.82. The standard InChI is InChI=1S/C13H19N5O/c1-3-19-8-9(2)15-12-10-6-4-5-7-11(10)16-13(17-12)18-14/h4-7,9H,3,8,14H2,1-2H3,(H2,15,16,17,18). The number of fused-ring (bicyclic) bond motifs is 1. The van der Waals surface area contributed by atoms with Gasteiger partial charge in [-0.1, -0.05) is 12.1 Å². The Morgan fingerprint density at radius 3 is 2.84 bits per heavy atom. The van der Waals surface area contributed by atoms with E-state index in [0.29, 0.717) is 19.2 Å². The number of para-hydroxylation sites is 1. The van der Waals surface area contributed by atoms with Crippen molar-refractivity contribution in [2.45, 2.75) is 19.9 Å². The highest BCUT2D eigenvalue weighted by atomic mass is 16.5. The number of benzene rings is 1. The van der Waals surface area contributed by atoms with Crippen molar-refractivity contribution < 1.29 is 4.74 Å². The van der Waals surface area contributed by atoms with Gasteiger partial charge in [-0.15, -0.1) is 0 Å². The van der Waals surface area contributed by atoms with E-state index in [1.165, 1.54) is 0 Å². The summed E-state index contributed by atoms with van der Waals surface area (Å²) in [6.07, 6.45) is 0. The number of hydrogen-bond donors (Lipinski definition) is 3. The van der Waals surface area contributed by atoms with Crippen molar-refractivity contribution in [1.29, 1.82) is 0 Å². The predicted molar refractivity (Wildman–Crippen MR) is 76.9 cm³/mol. The van der Waals surface area contributed by atoms with Gasteiger partial charge in [-0.2, -0.15) is 4.98 Å². The zero-order chi connectivity index (χ0) is 13.7. The van der Waals surface area contributed by atoms with Crippen LogP contribution in [0.4, 0.5) is 11.8 Å². The van der Waals surface area contributed by atoms with E-state index in [1.807, 2.05) is 38.1 Å². The molecule has 4 N–H and O–H groups in total. The van der Waals surface area contributed by atoms with E-state index < -0.39 is 0 Å². The smallest absolute Gasteiger partial charge is 0.239 e.